The number of benzene rings is 1. The molecule has 1 aromatic carbocycles. The Morgan fingerprint density at radius 1 is 0.620 bits per heavy atom. The zero-order valence-corrected chi connectivity index (χ0v) is 32.9. The quantitative estimate of drug-likeness (QED) is 0.215. The third-order valence-electron chi connectivity index (χ3n) is 6.05. The number of hydrogen-bond donors (Lipinski definition) is 3. The van der Waals surface area contributed by atoms with Gasteiger partial charge in [0.05, 0.1) is 13.2 Å². The molecular weight excluding hydrogens is 787 g/mol. The Kier molecular flexibility index (Phi) is 35.5. The number of likely N-dealkylation sites (N-methyl/N-ethyl adjacent to an activating group) is 1. The van der Waals surface area contributed by atoms with E-state index < -0.39 is 67.6 Å². The van der Waals surface area contributed by atoms with Gasteiger partial charge >= 0.3 is 0 Å². The fourth-order valence-corrected chi connectivity index (χ4v) is 5.49. The minimum atomic E-state index is -2.17. The normalized spacial score (nSPS) is 20.7. The molecule has 20 nitrogen and oxygen atoms in total. The summed E-state index contributed by atoms with van der Waals surface area (Å²) in [6.45, 7) is 8.96. The third kappa shape index (κ3) is 33.4. The van der Waals surface area contributed by atoms with Gasteiger partial charge in [-0.3, -0.25) is 30.0 Å². The molecule has 6 unspecified atom stereocenters. The second-order valence-corrected chi connectivity index (χ2v) is 14.9. The lowest BCUT2D eigenvalue weighted by atomic mass is 10.2. The second kappa shape index (κ2) is 34.3. The SMILES string of the molecule is CCNS(=O)[O-].CN1CCN(S(=O)[O-])CC1.CNS(=O)[O-].O=S([O-])N1CCCCC1.O=S([O-])N1CCOCC1.O=S([O-])NCc1ccccc1. The molecule has 0 aliphatic carbocycles. The predicted octanol–water partition coefficient (Wildman–Crippen LogP) is -2.63. The van der Waals surface area contributed by atoms with Crippen LogP contribution in [0.3, 0.4) is 0 Å². The number of hydrogen-bond acceptors (Lipinski definition) is 14. The Labute approximate surface area is 310 Å². The molecular formula is C24H47N7O13S6-6. The lowest BCUT2D eigenvalue weighted by Crippen LogP contribution is -2.44. The van der Waals surface area contributed by atoms with E-state index >= 15 is 0 Å². The first-order valence-electron chi connectivity index (χ1n) is 14.9. The van der Waals surface area contributed by atoms with Crippen molar-refractivity contribution in [3.63, 3.8) is 0 Å². The van der Waals surface area contributed by atoms with Crippen LogP contribution < -0.4 is 14.2 Å². The molecule has 26 heteroatoms. The predicted molar refractivity (Wildman–Crippen MR) is 186 cm³/mol. The first-order valence-corrected chi connectivity index (χ1v) is 21.2. The van der Waals surface area contributed by atoms with Crippen molar-refractivity contribution in [2.45, 2.75) is 32.7 Å². The summed E-state index contributed by atoms with van der Waals surface area (Å²) in [4.78, 5) is 2.11. The molecule has 3 saturated heterocycles. The summed E-state index contributed by atoms with van der Waals surface area (Å²) in [7, 11) is 3.33. The van der Waals surface area contributed by atoms with Crippen LogP contribution in [0, 0.1) is 0 Å². The van der Waals surface area contributed by atoms with Crippen molar-refractivity contribution in [2.24, 2.45) is 0 Å². The Balaban J connectivity index is 0. The molecule has 4 rings (SSSR count). The van der Waals surface area contributed by atoms with Gasteiger partial charge in [0.2, 0.25) is 0 Å². The minimum absolute atomic E-state index is 0.358. The van der Waals surface area contributed by atoms with Gasteiger partial charge in [-0.1, -0.05) is 43.7 Å². The largest absolute Gasteiger partial charge is 0.760 e. The van der Waals surface area contributed by atoms with Crippen LogP contribution in [0.1, 0.15) is 31.7 Å². The van der Waals surface area contributed by atoms with E-state index in [2.05, 4.69) is 14.3 Å². The van der Waals surface area contributed by atoms with Crippen molar-refractivity contribution < 1.29 is 57.3 Å². The summed E-state index contributed by atoms with van der Waals surface area (Å²) in [5.74, 6) is 0. The molecule has 0 saturated carbocycles. The van der Waals surface area contributed by atoms with Crippen LogP contribution in [-0.4, -0.2) is 157 Å². The zero-order valence-electron chi connectivity index (χ0n) is 28.0. The van der Waals surface area contributed by atoms with E-state index in [1.807, 2.05) is 42.1 Å². The molecule has 1 aromatic rings. The summed E-state index contributed by atoms with van der Waals surface area (Å²) >= 11 is -12.3. The summed E-state index contributed by atoms with van der Waals surface area (Å²) in [6, 6.07) is 9.34. The van der Waals surface area contributed by atoms with E-state index in [1.165, 1.54) is 26.4 Å². The van der Waals surface area contributed by atoms with Gasteiger partial charge in [0, 0.05) is 133 Å². The maximum absolute atomic E-state index is 10.4. The van der Waals surface area contributed by atoms with Gasteiger partial charge in [0.15, 0.2) is 0 Å². The number of ether oxygens (including phenoxy) is 1. The minimum Gasteiger partial charge on any atom is -0.760 e. The van der Waals surface area contributed by atoms with Crippen LogP contribution in [0.25, 0.3) is 0 Å². The lowest BCUT2D eigenvalue weighted by Gasteiger charge is -2.32. The molecule has 50 heavy (non-hydrogen) atoms. The Morgan fingerprint density at radius 3 is 1.36 bits per heavy atom. The highest BCUT2D eigenvalue weighted by atomic mass is 32.2. The van der Waals surface area contributed by atoms with Crippen LogP contribution in [0.5, 0.6) is 0 Å². The monoisotopic (exact) mass is 833 g/mol. The Morgan fingerprint density at radius 2 is 1.04 bits per heavy atom. The van der Waals surface area contributed by atoms with E-state index in [1.54, 1.807) is 6.92 Å². The molecule has 3 N–H and O–H groups in total. The molecule has 0 amide bonds. The van der Waals surface area contributed by atoms with Crippen molar-refractivity contribution >= 4 is 67.6 Å². The average Bonchev–Trinajstić information content (AvgIpc) is 3.10. The number of rotatable bonds is 9. The zero-order chi connectivity index (χ0) is 38.3. The molecule has 0 spiro atoms. The average molecular weight is 834 g/mol. The van der Waals surface area contributed by atoms with Gasteiger partial charge in [-0.05, 0) is 32.5 Å². The lowest BCUT2D eigenvalue weighted by molar-refractivity contribution is 0.0721. The van der Waals surface area contributed by atoms with Gasteiger partial charge in [0.1, 0.15) is 0 Å². The van der Waals surface area contributed by atoms with Gasteiger partial charge in [0.25, 0.3) is 0 Å². The standard InChI is InChI=1S/C7H9NO2S.C5H12N2O2S.C5H11NO2S.C4H9NO3S.C2H7NO2S.CH5NO2S/c9-11(10)8-6-7-4-2-1-3-5-7;1-6-2-4-7(5-3-6)10(8)9;7-9(8)6-4-2-1-3-5-6;6-9(7)5-1-3-8-4-2-5;1-2-3-6(4)5;1-2-5(3)4/h1-5,8H,6H2,(H,9,10);2-5H2,1H3,(H,8,9);1-5H2,(H,7,8);1-4H2,(H,6,7);3H,2H2,1H3,(H,4,5);2H,1H3,(H,3,4)/p-6. The van der Waals surface area contributed by atoms with E-state index in [0.717, 1.165) is 44.6 Å². The summed E-state index contributed by atoms with van der Waals surface area (Å²) in [5, 5.41) is 0. The molecule has 298 valence electrons. The Bertz CT molecular complexity index is 1090. The van der Waals surface area contributed by atoms with E-state index in [0.29, 0.717) is 52.5 Å². The highest BCUT2D eigenvalue weighted by Gasteiger charge is 2.13. The van der Waals surface area contributed by atoms with Crippen molar-refractivity contribution in [3.05, 3.63) is 35.9 Å². The maximum atomic E-state index is 10.4. The highest BCUT2D eigenvalue weighted by Crippen LogP contribution is 2.08. The number of morpholine rings is 1. The number of nitrogens with zero attached hydrogens (tertiary/aromatic N) is 4. The third-order valence-corrected chi connectivity index (χ3v) is 9.64. The fourth-order valence-electron chi connectivity index (χ4n) is 3.50. The van der Waals surface area contributed by atoms with Gasteiger partial charge in [-0.2, -0.15) is 0 Å². The molecule has 3 aliphatic heterocycles. The topological polar surface area (TPSA) is 299 Å². The molecule has 0 aromatic heterocycles. The summed E-state index contributed by atoms with van der Waals surface area (Å²) < 4.78 is 135. The molecule has 3 aliphatic rings. The van der Waals surface area contributed by atoms with Crippen LogP contribution in [-0.2, 0) is 78.9 Å². The Hall–Kier alpha value is -0.440. The highest BCUT2D eigenvalue weighted by molar-refractivity contribution is 7.77. The molecule has 6 atom stereocenters. The van der Waals surface area contributed by atoms with Crippen molar-refractivity contribution in [3.8, 4) is 0 Å². The number of piperidine rings is 1. The second-order valence-electron chi connectivity index (χ2n) is 9.63. The molecule has 0 radical (unpaired) electrons. The van der Waals surface area contributed by atoms with E-state index in [4.69, 9.17) is 4.74 Å². The fraction of sp³-hybridized carbons (Fsp3) is 0.750. The van der Waals surface area contributed by atoms with Gasteiger partial charge in [-0.15, -0.1) is 0 Å². The van der Waals surface area contributed by atoms with Crippen molar-refractivity contribution in [1.82, 2.24) is 32.0 Å². The number of nitrogens with one attached hydrogen (secondary N) is 3. The van der Waals surface area contributed by atoms with Crippen LogP contribution >= 0.6 is 0 Å². The van der Waals surface area contributed by atoms with Crippen molar-refractivity contribution in [2.75, 3.05) is 86.2 Å². The van der Waals surface area contributed by atoms with Crippen molar-refractivity contribution in [1.29, 1.82) is 0 Å². The van der Waals surface area contributed by atoms with Gasteiger partial charge < -0.3 is 37.0 Å². The first-order chi connectivity index (χ1) is 23.6. The maximum Gasteiger partial charge on any atom is 0.0604 e. The number of piperazine rings is 1. The van der Waals surface area contributed by atoms with Crippen LogP contribution in [0.2, 0.25) is 0 Å². The summed E-state index contributed by atoms with van der Waals surface area (Å²) in [6.07, 6.45) is 3.22. The smallest absolute Gasteiger partial charge is 0.0604 e. The van der Waals surface area contributed by atoms with E-state index in [-0.39, 0.29) is 0 Å². The van der Waals surface area contributed by atoms with Crippen LogP contribution in [0.15, 0.2) is 30.3 Å². The van der Waals surface area contributed by atoms with Crippen LogP contribution in [0.4, 0.5) is 0 Å². The van der Waals surface area contributed by atoms with Gasteiger partial charge in [-0.25, -0.2) is 22.4 Å². The van der Waals surface area contributed by atoms with E-state index in [9.17, 15) is 52.6 Å². The molecule has 0 bridgehead atoms. The summed E-state index contributed by atoms with van der Waals surface area (Å²) in [5.41, 5.74) is 0.955. The molecule has 3 heterocycles. The molecule has 3 fully saturated rings. The first kappa shape index (κ1) is 51.7.